The molecule has 18 heavy (non-hydrogen) atoms. The van der Waals surface area contributed by atoms with Crippen LogP contribution in [0.2, 0.25) is 5.02 Å². The Bertz CT molecular complexity index is 558. The van der Waals surface area contributed by atoms with Crippen LogP contribution in [0.25, 0.3) is 0 Å². The highest BCUT2D eigenvalue weighted by atomic mass is 35.5. The maximum absolute atomic E-state index is 13.7. The van der Waals surface area contributed by atoms with Gasteiger partial charge < -0.3 is 5.73 Å². The molecule has 0 aliphatic heterocycles. The summed E-state index contributed by atoms with van der Waals surface area (Å²) >= 11 is 5.58. The first kappa shape index (κ1) is 15.2. The monoisotopic (exact) mass is 294 g/mol. The maximum atomic E-state index is 13.7. The van der Waals surface area contributed by atoms with E-state index in [0.717, 1.165) is 6.07 Å². The van der Waals surface area contributed by atoms with Crippen molar-refractivity contribution in [3.63, 3.8) is 0 Å². The van der Waals surface area contributed by atoms with Gasteiger partial charge in [-0.05, 0) is 32.4 Å². The summed E-state index contributed by atoms with van der Waals surface area (Å²) in [5.74, 6) is -0.995. The molecule has 0 aliphatic rings. The number of rotatable bonds is 4. The fraction of sp³-hybridized carbons (Fsp3) is 0.455. The largest absolute Gasteiger partial charge is 0.399 e. The number of nitrogens with two attached hydrogens (primary N) is 1. The summed E-state index contributed by atoms with van der Waals surface area (Å²) in [5.41, 5.74) is 4.89. The van der Waals surface area contributed by atoms with Crippen LogP contribution in [0.4, 0.5) is 10.1 Å². The topological polar surface area (TPSA) is 72.2 Å². The molecule has 0 aliphatic carbocycles. The van der Waals surface area contributed by atoms with Gasteiger partial charge in [-0.2, -0.15) is 0 Å². The summed E-state index contributed by atoms with van der Waals surface area (Å²) in [7, 11) is -4.00. The number of benzene rings is 1. The lowest BCUT2D eigenvalue weighted by Gasteiger charge is -2.24. The maximum Gasteiger partial charge on any atom is 0.244 e. The lowest BCUT2D eigenvalue weighted by molar-refractivity contribution is 0.437. The van der Waals surface area contributed by atoms with Gasteiger partial charge in [0.25, 0.3) is 0 Å². The molecule has 0 saturated carbocycles. The van der Waals surface area contributed by atoms with Crippen molar-refractivity contribution < 1.29 is 12.8 Å². The summed E-state index contributed by atoms with van der Waals surface area (Å²) in [4.78, 5) is -0.533. The number of hydrogen-bond acceptors (Lipinski definition) is 3. The lowest BCUT2D eigenvalue weighted by atomic mass is 10.0. The smallest absolute Gasteiger partial charge is 0.244 e. The van der Waals surface area contributed by atoms with E-state index in [0.29, 0.717) is 6.42 Å². The standard InChI is InChI=1S/C11H16ClFN2O2S/c1-4-11(2,3)15-18(16,17)9-6-7(14)5-8(12)10(9)13/h5-6,15H,4,14H2,1-3H3. The predicted octanol–water partition coefficient (Wildman–Crippen LogP) is 2.53. The van der Waals surface area contributed by atoms with Crippen molar-refractivity contribution in [2.45, 2.75) is 37.6 Å². The van der Waals surface area contributed by atoms with E-state index >= 15 is 0 Å². The Hall–Kier alpha value is -0.850. The molecular weight excluding hydrogens is 279 g/mol. The van der Waals surface area contributed by atoms with Gasteiger partial charge >= 0.3 is 0 Å². The van der Waals surface area contributed by atoms with Crippen molar-refractivity contribution >= 4 is 27.3 Å². The molecule has 1 rings (SSSR count). The number of hydrogen-bond donors (Lipinski definition) is 2. The summed E-state index contributed by atoms with van der Waals surface area (Å²) in [5, 5.41) is -0.315. The zero-order chi connectivity index (χ0) is 14.1. The van der Waals surface area contributed by atoms with Gasteiger partial charge in [0.05, 0.1) is 5.02 Å². The van der Waals surface area contributed by atoms with Gasteiger partial charge in [0.2, 0.25) is 10.0 Å². The average Bonchev–Trinajstić information content (AvgIpc) is 2.21. The molecule has 3 N–H and O–H groups in total. The minimum absolute atomic E-state index is 0.0936. The van der Waals surface area contributed by atoms with Crippen LogP contribution < -0.4 is 10.5 Å². The SMILES string of the molecule is CCC(C)(C)NS(=O)(=O)c1cc(N)cc(Cl)c1F. The normalized spacial score (nSPS) is 12.7. The van der Waals surface area contributed by atoms with Crippen molar-refractivity contribution in [1.29, 1.82) is 0 Å². The second kappa shape index (κ2) is 5.03. The summed E-state index contributed by atoms with van der Waals surface area (Å²) in [6.45, 7) is 5.23. The Morgan fingerprint density at radius 3 is 2.50 bits per heavy atom. The molecule has 4 nitrogen and oxygen atoms in total. The van der Waals surface area contributed by atoms with E-state index < -0.39 is 26.3 Å². The van der Waals surface area contributed by atoms with Crippen LogP contribution in [-0.4, -0.2) is 14.0 Å². The number of anilines is 1. The van der Waals surface area contributed by atoms with E-state index in [2.05, 4.69) is 4.72 Å². The first-order valence-electron chi connectivity index (χ1n) is 5.37. The molecule has 0 bridgehead atoms. The average molecular weight is 295 g/mol. The van der Waals surface area contributed by atoms with Gasteiger partial charge in [-0.3, -0.25) is 0 Å². The molecule has 7 heteroatoms. The molecule has 102 valence electrons. The molecule has 0 saturated heterocycles. The van der Waals surface area contributed by atoms with Crippen LogP contribution in [-0.2, 0) is 10.0 Å². The van der Waals surface area contributed by atoms with Crippen LogP contribution in [0.5, 0.6) is 0 Å². The van der Waals surface area contributed by atoms with E-state index in [1.54, 1.807) is 13.8 Å². The number of halogens is 2. The zero-order valence-corrected chi connectivity index (χ0v) is 12.0. The third-order valence-electron chi connectivity index (χ3n) is 2.60. The van der Waals surface area contributed by atoms with Crippen molar-refractivity contribution in [3.05, 3.63) is 23.0 Å². The van der Waals surface area contributed by atoms with Gasteiger partial charge in [0.15, 0.2) is 5.82 Å². The molecule has 0 aromatic heterocycles. The highest BCUT2D eigenvalue weighted by Gasteiger charge is 2.28. The second-order valence-corrected chi connectivity index (χ2v) is 6.72. The van der Waals surface area contributed by atoms with Gasteiger partial charge in [-0.25, -0.2) is 17.5 Å². The van der Waals surface area contributed by atoms with E-state index in [-0.39, 0.29) is 10.7 Å². The Kier molecular flexibility index (Phi) is 4.25. The van der Waals surface area contributed by atoms with Gasteiger partial charge in [0, 0.05) is 11.2 Å². The van der Waals surface area contributed by atoms with Gasteiger partial charge in [0.1, 0.15) is 4.90 Å². The molecule has 0 radical (unpaired) electrons. The highest BCUT2D eigenvalue weighted by molar-refractivity contribution is 7.89. The molecule has 1 aromatic rings. The molecule has 0 spiro atoms. The first-order chi connectivity index (χ1) is 8.09. The van der Waals surface area contributed by atoms with Crippen molar-refractivity contribution in [3.8, 4) is 0 Å². The number of sulfonamides is 1. The van der Waals surface area contributed by atoms with Gasteiger partial charge in [-0.1, -0.05) is 18.5 Å². The van der Waals surface area contributed by atoms with E-state index in [1.807, 2.05) is 6.92 Å². The zero-order valence-electron chi connectivity index (χ0n) is 10.4. The Morgan fingerprint density at radius 1 is 1.44 bits per heavy atom. The summed E-state index contributed by atoms with van der Waals surface area (Å²) < 4.78 is 40.3. The van der Waals surface area contributed by atoms with Crippen LogP contribution in [0, 0.1) is 5.82 Å². The van der Waals surface area contributed by atoms with E-state index in [4.69, 9.17) is 17.3 Å². The second-order valence-electron chi connectivity index (χ2n) is 4.66. The summed E-state index contributed by atoms with van der Waals surface area (Å²) in [6.07, 6.45) is 0.559. The fourth-order valence-corrected chi connectivity index (χ4v) is 3.17. The molecule has 1 aromatic carbocycles. The first-order valence-corrected chi connectivity index (χ1v) is 7.23. The summed E-state index contributed by atoms with van der Waals surface area (Å²) in [6, 6.07) is 2.22. The Labute approximate surface area is 111 Å². The van der Waals surface area contributed by atoms with Crippen molar-refractivity contribution in [2.24, 2.45) is 0 Å². The highest BCUT2D eigenvalue weighted by Crippen LogP contribution is 2.26. The quantitative estimate of drug-likeness (QED) is 0.838. The molecule has 0 unspecified atom stereocenters. The molecule has 0 amide bonds. The van der Waals surface area contributed by atoms with Crippen LogP contribution in [0.1, 0.15) is 27.2 Å². The third kappa shape index (κ3) is 3.34. The minimum atomic E-state index is -4.00. The fourth-order valence-electron chi connectivity index (χ4n) is 1.27. The van der Waals surface area contributed by atoms with E-state index in [9.17, 15) is 12.8 Å². The van der Waals surface area contributed by atoms with E-state index in [1.165, 1.54) is 6.07 Å². The number of nitrogens with one attached hydrogen (secondary N) is 1. The third-order valence-corrected chi connectivity index (χ3v) is 4.57. The van der Waals surface area contributed by atoms with Crippen molar-refractivity contribution in [2.75, 3.05) is 5.73 Å². The van der Waals surface area contributed by atoms with Gasteiger partial charge in [-0.15, -0.1) is 0 Å². The lowest BCUT2D eigenvalue weighted by Crippen LogP contribution is -2.42. The molecule has 0 heterocycles. The van der Waals surface area contributed by atoms with Crippen LogP contribution in [0.3, 0.4) is 0 Å². The minimum Gasteiger partial charge on any atom is -0.399 e. The van der Waals surface area contributed by atoms with Crippen LogP contribution in [0.15, 0.2) is 17.0 Å². The number of nitrogen functional groups attached to an aromatic ring is 1. The van der Waals surface area contributed by atoms with Crippen molar-refractivity contribution in [1.82, 2.24) is 4.72 Å². The molecule has 0 atom stereocenters. The molecular formula is C11H16ClFN2O2S. The Morgan fingerprint density at radius 2 is 2.00 bits per heavy atom. The predicted molar refractivity (Wildman–Crippen MR) is 70.5 cm³/mol. The Balaban J connectivity index is 3.30. The van der Waals surface area contributed by atoms with Crippen LogP contribution >= 0.6 is 11.6 Å². The molecule has 0 fully saturated rings.